The lowest BCUT2D eigenvalue weighted by Crippen LogP contribution is -2.04. The van der Waals surface area contributed by atoms with Crippen molar-refractivity contribution < 1.29 is 9.53 Å². The van der Waals surface area contributed by atoms with Gasteiger partial charge in [0.1, 0.15) is 0 Å². The normalized spacial score (nSPS) is 9.42. The fourth-order valence-electron chi connectivity index (χ4n) is 0.699. The van der Waals surface area contributed by atoms with E-state index >= 15 is 0 Å². The van der Waals surface area contributed by atoms with E-state index in [0.29, 0.717) is 6.54 Å². The minimum Gasteiger partial charge on any atom is -0.464 e. The molecular weight excluding hydrogens is 158 g/mol. The molecule has 64 valence electrons. The minimum absolute atomic E-state index is 0.208. The second-order valence-electron chi connectivity index (χ2n) is 2.06. The molecule has 1 aromatic rings. The number of esters is 1. The molecule has 0 spiro atoms. The van der Waals surface area contributed by atoms with Gasteiger partial charge in [-0.25, -0.2) is 4.79 Å². The van der Waals surface area contributed by atoms with Crippen molar-refractivity contribution in [3.63, 3.8) is 0 Å². The Bertz CT molecular complexity index is 293. The highest BCUT2D eigenvalue weighted by molar-refractivity contribution is 5.86. The van der Waals surface area contributed by atoms with Gasteiger partial charge in [-0.2, -0.15) is 9.90 Å². The predicted molar refractivity (Wildman–Crippen MR) is 41.6 cm³/mol. The third-order valence-corrected chi connectivity index (χ3v) is 1.22. The van der Waals surface area contributed by atoms with Crippen LogP contribution in [-0.4, -0.2) is 28.1 Å². The number of hydrogen-bond acceptors (Lipinski definition) is 4. The molecule has 1 rings (SSSR count). The molecule has 0 atom stereocenters. The largest absolute Gasteiger partial charge is 0.464 e. The lowest BCUT2D eigenvalue weighted by molar-refractivity contribution is 0.0593. The Morgan fingerprint density at radius 3 is 3.25 bits per heavy atom. The van der Waals surface area contributed by atoms with Gasteiger partial charge in [-0.1, -0.05) is 6.08 Å². The lowest BCUT2D eigenvalue weighted by atomic mass is 10.5. The maximum absolute atomic E-state index is 10.9. The molecule has 0 saturated carbocycles. The van der Waals surface area contributed by atoms with Gasteiger partial charge in [0.05, 0.1) is 19.9 Å². The Morgan fingerprint density at radius 1 is 1.92 bits per heavy atom. The number of carbonyl (C=O) groups excluding carboxylic acids is 1. The van der Waals surface area contributed by atoms with Crippen molar-refractivity contribution >= 4 is 5.97 Å². The standard InChI is InChI=1S/C7H9N3O2/c1-3-4-10-8-5-6(9-10)7(11)12-2/h3,5H,1,4H2,2H3. The molecule has 0 radical (unpaired) electrons. The quantitative estimate of drug-likeness (QED) is 0.478. The second kappa shape index (κ2) is 3.66. The van der Waals surface area contributed by atoms with E-state index in [0.717, 1.165) is 0 Å². The lowest BCUT2D eigenvalue weighted by Gasteiger charge is -1.91. The van der Waals surface area contributed by atoms with E-state index in [-0.39, 0.29) is 5.69 Å². The molecule has 0 amide bonds. The molecule has 0 aliphatic heterocycles. The highest BCUT2D eigenvalue weighted by atomic mass is 16.5. The summed E-state index contributed by atoms with van der Waals surface area (Å²) in [5, 5.41) is 7.64. The van der Waals surface area contributed by atoms with Crippen LogP contribution in [0.25, 0.3) is 0 Å². The summed E-state index contributed by atoms with van der Waals surface area (Å²) in [4.78, 5) is 12.2. The van der Waals surface area contributed by atoms with E-state index in [1.165, 1.54) is 18.1 Å². The minimum atomic E-state index is -0.481. The van der Waals surface area contributed by atoms with Crippen molar-refractivity contribution in [3.05, 3.63) is 24.5 Å². The third kappa shape index (κ3) is 1.69. The maximum atomic E-state index is 10.9. The molecule has 0 saturated heterocycles. The molecule has 0 aliphatic carbocycles. The topological polar surface area (TPSA) is 57.0 Å². The Hall–Kier alpha value is -1.65. The van der Waals surface area contributed by atoms with Gasteiger partial charge < -0.3 is 4.74 Å². The number of methoxy groups -OCH3 is 1. The molecule has 0 N–H and O–H groups in total. The molecule has 0 aromatic carbocycles. The van der Waals surface area contributed by atoms with Gasteiger partial charge >= 0.3 is 5.97 Å². The Labute approximate surface area is 69.6 Å². The van der Waals surface area contributed by atoms with E-state index in [2.05, 4.69) is 21.5 Å². The van der Waals surface area contributed by atoms with Crippen LogP contribution in [0.3, 0.4) is 0 Å². The third-order valence-electron chi connectivity index (χ3n) is 1.22. The Morgan fingerprint density at radius 2 is 2.67 bits per heavy atom. The van der Waals surface area contributed by atoms with Gasteiger partial charge in [0.15, 0.2) is 5.69 Å². The van der Waals surface area contributed by atoms with Crippen molar-refractivity contribution in [2.24, 2.45) is 0 Å². The van der Waals surface area contributed by atoms with Crippen LogP contribution in [-0.2, 0) is 11.3 Å². The molecule has 0 fully saturated rings. The van der Waals surface area contributed by atoms with Crippen LogP contribution in [0.2, 0.25) is 0 Å². The zero-order chi connectivity index (χ0) is 8.97. The first-order valence-corrected chi connectivity index (χ1v) is 3.37. The first kappa shape index (κ1) is 8.45. The van der Waals surface area contributed by atoms with E-state index < -0.39 is 5.97 Å². The summed E-state index contributed by atoms with van der Waals surface area (Å²) >= 11 is 0. The highest BCUT2D eigenvalue weighted by Crippen LogP contribution is 1.93. The first-order chi connectivity index (χ1) is 5.77. The van der Waals surface area contributed by atoms with Gasteiger partial charge in [0.25, 0.3) is 0 Å². The molecule has 1 aromatic heterocycles. The summed E-state index contributed by atoms with van der Waals surface area (Å²) in [6, 6.07) is 0. The molecule has 0 bridgehead atoms. The van der Waals surface area contributed by atoms with Crippen molar-refractivity contribution in [1.29, 1.82) is 0 Å². The first-order valence-electron chi connectivity index (χ1n) is 3.37. The van der Waals surface area contributed by atoms with Crippen molar-refractivity contribution in [2.45, 2.75) is 6.54 Å². The Balaban J connectivity index is 2.76. The number of carbonyl (C=O) groups is 1. The maximum Gasteiger partial charge on any atom is 0.360 e. The van der Waals surface area contributed by atoms with Gasteiger partial charge in [-0.3, -0.25) is 0 Å². The molecule has 1 heterocycles. The van der Waals surface area contributed by atoms with Crippen molar-refractivity contribution in [1.82, 2.24) is 15.0 Å². The van der Waals surface area contributed by atoms with Gasteiger partial charge in [0.2, 0.25) is 0 Å². The molecule has 0 unspecified atom stereocenters. The summed E-state index contributed by atoms with van der Waals surface area (Å²) in [6.45, 7) is 4.00. The number of rotatable bonds is 3. The monoisotopic (exact) mass is 167 g/mol. The van der Waals surface area contributed by atoms with Crippen LogP contribution in [0.15, 0.2) is 18.9 Å². The number of hydrogen-bond donors (Lipinski definition) is 0. The fourth-order valence-corrected chi connectivity index (χ4v) is 0.699. The summed E-state index contributed by atoms with van der Waals surface area (Å²) in [5.41, 5.74) is 0.208. The van der Waals surface area contributed by atoms with Crippen LogP contribution < -0.4 is 0 Å². The van der Waals surface area contributed by atoms with Gasteiger partial charge in [-0.15, -0.1) is 11.7 Å². The molecule has 12 heavy (non-hydrogen) atoms. The number of ether oxygens (including phenoxy) is 1. The molecule has 5 heteroatoms. The zero-order valence-electron chi connectivity index (χ0n) is 6.73. The van der Waals surface area contributed by atoms with Gasteiger partial charge in [-0.05, 0) is 0 Å². The zero-order valence-corrected chi connectivity index (χ0v) is 6.73. The van der Waals surface area contributed by atoms with E-state index in [1.807, 2.05) is 0 Å². The molecular formula is C7H9N3O2. The fraction of sp³-hybridized carbons (Fsp3) is 0.286. The van der Waals surface area contributed by atoms with E-state index in [4.69, 9.17) is 0 Å². The number of nitrogens with zero attached hydrogens (tertiary/aromatic N) is 3. The number of aromatic nitrogens is 3. The highest BCUT2D eigenvalue weighted by Gasteiger charge is 2.08. The molecule has 5 nitrogen and oxygen atoms in total. The summed E-state index contributed by atoms with van der Waals surface area (Å²) in [5.74, 6) is -0.481. The van der Waals surface area contributed by atoms with Gasteiger partial charge in [0, 0.05) is 0 Å². The second-order valence-corrected chi connectivity index (χ2v) is 2.06. The van der Waals surface area contributed by atoms with Crippen LogP contribution in [0, 0.1) is 0 Å². The SMILES string of the molecule is C=CCn1ncc(C(=O)OC)n1. The number of allylic oxidation sites excluding steroid dienone is 1. The van der Waals surface area contributed by atoms with Crippen LogP contribution in [0.1, 0.15) is 10.5 Å². The van der Waals surface area contributed by atoms with Crippen LogP contribution in [0.5, 0.6) is 0 Å². The van der Waals surface area contributed by atoms with Crippen molar-refractivity contribution in [3.8, 4) is 0 Å². The average Bonchev–Trinajstić information content (AvgIpc) is 2.52. The Kier molecular flexibility index (Phi) is 2.57. The average molecular weight is 167 g/mol. The van der Waals surface area contributed by atoms with E-state index in [1.54, 1.807) is 6.08 Å². The van der Waals surface area contributed by atoms with Crippen molar-refractivity contribution in [2.75, 3.05) is 7.11 Å². The summed E-state index contributed by atoms with van der Waals surface area (Å²) in [7, 11) is 1.30. The summed E-state index contributed by atoms with van der Waals surface area (Å²) < 4.78 is 4.45. The van der Waals surface area contributed by atoms with Crippen LogP contribution in [0.4, 0.5) is 0 Å². The molecule has 0 aliphatic rings. The van der Waals surface area contributed by atoms with E-state index in [9.17, 15) is 4.79 Å². The van der Waals surface area contributed by atoms with Crippen LogP contribution >= 0.6 is 0 Å². The smallest absolute Gasteiger partial charge is 0.360 e. The predicted octanol–water partition coefficient (Wildman–Crippen LogP) is 0.251. The summed E-state index contributed by atoms with van der Waals surface area (Å²) in [6.07, 6.45) is 3.00.